The number of para-hydroxylation sites is 1. The molecule has 1 aliphatic rings. The van der Waals surface area contributed by atoms with Crippen molar-refractivity contribution in [3.63, 3.8) is 0 Å². The van der Waals surface area contributed by atoms with E-state index in [1.807, 2.05) is 29.0 Å². The molecule has 0 spiro atoms. The van der Waals surface area contributed by atoms with Crippen LogP contribution >= 0.6 is 0 Å². The second-order valence-electron chi connectivity index (χ2n) is 6.36. The molecule has 0 radical (unpaired) electrons. The van der Waals surface area contributed by atoms with E-state index in [0.717, 1.165) is 31.2 Å². The zero-order valence-electron chi connectivity index (χ0n) is 13.1. The largest absolute Gasteiger partial charge is 0.396 e. The Morgan fingerprint density at radius 1 is 1.32 bits per heavy atom. The third-order valence-corrected chi connectivity index (χ3v) is 4.79. The third-order valence-electron chi connectivity index (χ3n) is 4.79. The third kappa shape index (κ3) is 3.02. The lowest BCUT2D eigenvalue weighted by Crippen LogP contribution is -2.44. The van der Waals surface area contributed by atoms with E-state index in [2.05, 4.69) is 18.3 Å². The van der Waals surface area contributed by atoms with Crippen molar-refractivity contribution >= 4 is 16.8 Å². The van der Waals surface area contributed by atoms with Gasteiger partial charge in [0.25, 0.3) is 0 Å². The van der Waals surface area contributed by atoms with E-state index in [1.54, 1.807) is 0 Å². The van der Waals surface area contributed by atoms with E-state index >= 15 is 0 Å². The maximum Gasteiger partial charge on any atom is 0.240 e. The van der Waals surface area contributed by atoms with Crippen LogP contribution in [0.3, 0.4) is 0 Å². The number of carbonyl (C=O) groups is 1. The normalized spacial score (nSPS) is 21.9. The molecule has 118 valence electrons. The molecule has 1 aliphatic carbocycles. The molecule has 1 aromatic carbocycles. The summed E-state index contributed by atoms with van der Waals surface area (Å²) >= 11 is 0. The summed E-state index contributed by atoms with van der Waals surface area (Å²) in [6, 6.07) is 8.27. The van der Waals surface area contributed by atoms with Gasteiger partial charge >= 0.3 is 0 Å². The highest BCUT2D eigenvalue weighted by Crippen LogP contribution is 2.24. The molecule has 1 aromatic heterocycles. The molecule has 4 nitrogen and oxygen atoms in total. The Balaban J connectivity index is 1.70. The van der Waals surface area contributed by atoms with Gasteiger partial charge in [0.15, 0.2) is 0 Å². The molecule has 0 aliphatic heterocycles. The minimum absolute atomic E-state index is 0.0334. The number of aromatic nitrogens is 1. The average Bonchev–Trinajstić information content (AvgIpc) is 2.84. The molecule has 1 saturated carbocycles. The summed E-state index contributed by atoms with van der Waals surface area (Å²) in [5, 5.41) is 13.8. The van der Waals surface area contributed by atoms with Crippen molar-refractivity contribution in [2.45, 2.75) is 45.2 Å². The minimum Gasteiger partial charge on any atom is -0.396 e. The Morgan fingerprint density at radius 3 is 2.91 bits per heavy atom. The number of hydrogen-bond acceptors (Lipinski definition) is 2. The zero-order chi connectivity index (χ0) is 15.5. The summed E-state index contributed by atoms with van der Waals surface area (Å²) in [7, 11) is 0. The summed E-state index contributed by atoms with van der Waals surface area (Å²) in [6.45, 7) is 2.57. The molecular weight excluding hydrogens is 276 g/mol. The number of aliphatic hydroxyl groups is 1. The maximum atomic E-state index is 12.4. The number of nitrogens with one attached hydrogen (secondary N) is 1. The van der Waals surface area contributed by atoms with Gasteiger partial charge in [0.1, 0.15) is 6.54 Å². The van der Waals surface area contributed by atoms with E-state index in [9.17, 15) is 9.90 Å². The summed E-state index contributed by atoms with van der Waals surface area (Å²) < 4.78 is 2.01. The van der Waals surface area contributed by atoms with Gasteiger partial charge in [-0.05, 0) is 31.4 Å². The van der Waals surface area contributed by atoms with Gasteiger partial charge in [0.05, 0.1) is 0 Å². The van der Waals surface area contributed by atoms with Crippen molar-refractivity contribution in [1.82, 2.24) is 9.88 Å². The zero-order valence-corrected chi connectivity index (χ0v) is 13.1. The van der Waals surface area contributed by atoms with Gasteiger partial charge in [-0.15, -0.1) is 0 Å². The first-order valence-electron chi connectivity index (χ1n) is 8.13. The van der Waals surface area contributed by atoms with Crippen LogP contribution in [0.1, 0.15) is 31.2 Å². The molecule has 1 fully saturated rings. The van der Waals surface area contributed by atoms with E-state index < -0.39 is 0 Å². The molecule has 2 N–H and O–H groups in total. The molecule has 2 aromatic rings. The second kappa shape index (κ2) is 6.53. The van der Waals surface area contributed by atoms with E-state index in [-0.39, 0.29) is 24.5 Å². The number of nitrogens with zero attached hydrogens (tertiary/aromatic N) is 1. The van der Waals surface area contributed by atoms with E-state index in [0.29, 0.717) is 6.54 Å². The second-order valence-corrected chi connectivity index (χ2v) is 6.36. The topological polar surface area (TPSA) is 54.3 Å². The lowest BCUT2D eigenvalue weighted by atomic mass is 9.85. The highest BCUT2D eigenvalue weighted by Gasteiger charge is 2.25. The van der Waals surface area contributed by atoms with Crippen molar-refractivity contribution in [3.05, 3.63) is 36.0 Å². The molecule has 3 rings (SSSR count). The number of fused-ring (bicyclic) bond motifs is 1. The average molecular weight is 300 g/mol. The molecular formula is C18H24N2O2. The molecule has 2 atom stereocenters. The van der Waals surface area contributed by atoms with Crippen LogP contribution < -0.4 is 5.32 Å². The number of amides is 1. The first-order chi connectivity index (χ1) is 10.7. The monoisotopic (exact) mass is 300 g/mol. The minimum atomic E-state index is 0.0334. The predicted octanol–water partition coefficient (Wildman–Crippen LogP) is 2.62. The van der Waals surface area contributed by atoms with Crippen LogP contribution in [0.25, 0.3) is 10.9 Å². The number of aryl methyl sites for hydroxylation is 1. The summed E-state index contributed by atoms with van der Waals surface area (Å²) in [4.78, 5) is 12.4. The predicted molar refractivity (Wildman–Crippen MR) is 87.6 cm³/mol. The Morgan fingerprint density at radius 2 is 2.09 bits per heavy atom. The quantitative estimate of drug-likeness (QED) is 0.912. The van der Waals surface area contributed by atoms with Crippen molar-refractivity contribution in [1.29, 1.82) is 0 Å². The van der Waals surface area contributed by atoms with E-state index in [4.69, 9.17) is 0 Å². The number of rotatable bonds is 4. The highest BCUT2D eigenvalue weighted by molar-refractivity contribution is 5.86. The SMILES string of the molecule is Cc1cn(CC(=O)NC2CCCCC2CO)c2ccccc12. The number of aliphatic hydroxyl groups excluding tert-OH is 1. The summed E-state index contributed by atoms with van der Waals surface area (Å²) in [6.07, 6.45) is 6.30. The Labute approximate surface area is 131 Å². The molecule has 22 heavy (non-hydrogen) atoms. The van der Waals surface area contributed by atoms with Crippen molar-refractivity contribution in [2.24, 2.45) is 5.92 Å². The van der Waals surface area contributed by atoms with Crippen molar-refractivity contribution < 1.29 is 9.90 Å². The summed E-state index contributed by atoms with van der Waals surface area (Å²) in [5.74, 6) is 0.243. The van der Waals surface area contributed by atoms with E-state index in [1.165, 1.54) is 10.9 Å². The van der Waals surface area contributed by atoms with Crippen LogP contribution in [0, 0.1) is 12.8 Å². The lowest BCUT2D eigenvalue weighted by Gasteiger charge is -2.30. The summed E-state index contributed by atoms with van der Waals surface area (Å²) in [5.41, 5.74) is 2.28. The van der Waals surface area contributed by atoms with Gasteiger partial charge in [-0.25, -0.2) is 0 Å². The number of benzene rings is 1. The van der Waals surface area contributed by atoms with Gasteiger partial charge in [0, 0.05) is 35.7 Å². The first-order valence-corrected chi connectivity index (χ1v) is 8.13. The van der Waals surface area contributed by atoms with Crippen LogP contribution in [0.2, 0.25) is 0 Å². The van der Waals surface area contributed by atoms with Gasteiger partial charge in [-0.1, -0.05) is 31.0 Å². The Kier molecular flexibility index (Phi) is 4.48. The van der Waals surface area contributed by atoms with Crippen LogP contribution in [0.5, 0.6) is 0 Å². The molecule has 4 heteroatoms. The number of carbonyl (C=O) groups excluding carboxylic acids is 1. The molecule has 2 unspecified atom stereocenters. The van der Waals surface area contributed by atoms with Crippen LogP contribution in [0.4, 0.5) is 0 Å². The first kappa shape index (κ1) is 15.1. The fourth-order valence-electron chi connectivity index (χ4n) is 3.58. The standard InChI is InChI=1S/C18H24N2O2/c1-13-10-20(17-9-5-3-7-15(13)17)11-18(22)19-16-8-4-2-6-14(16)12-21/h3,5,7,9-10,14,16,21H,2,4,6,8,11-12H2,1H3,(H,19,22). The van der Waals surface area contributed by atoms with Crippen LogP contribution in [0.15, 0.2) is 30.5 Å². The van der Waals surface area contributed by atoms with Crippen molar-refractivity contribution in [2.75, 3.05) is 6.61 Å². The van der Waals surface area contributed by atoms with Crippen molar-refractivity contribution in [3.8, 4) is 0 Å². The van der Waals surface area contributed by atoms with Gasteiger partial charge in [-0.3, -0.25) is 4.79 Å². The highest BCUT2D eigenvalue weighted by atomic mass is 16.3. The fourth-order valence-corrected chi connectivity index (χ4v) is 3.58. The van der Waals surface area contributed by atoms with Gasteiger partial charge < -0.3 is 15.0 Å². The van der Waals surface area contributed by atoms with Crippen LogP contribution in [-0.4, -0.2) is 28.2 Å². The smallest absolute Gasteiger partial charge is 0.240 e. The molecule has 0 bridgehead atoms. The molecule has 0 saturated heterocycles. The van der Waals surface area contributed by atoms with Gasteiger partial charge in [0.2, 0.25) is 5.91 Å². The fraction of sp³-hybridized carbons (Fsp3) is 0.500. The Hall–Kier alpha value is -1.81. The lowest BCUT2D eigenvalue weighted by molar-refractivity contribution is -0.123. The number of hydrogen-bond donors (Lipinski definition) is 2. The molecule has 1 heterocycles. The molecule has 1 amide bonds. The van der Waals surface area contributed by atoms with Gasteiger partial charge in [-0.2, -0.15) is 0 Å². The Bertz CT molecular complexity index is 662. The van der Waals surface area contributed by atoms with Crippen LogP contribution in [-0.2, 0) is 11.3 Å². The maximum absolute atomic E-state index is 12.4.